The van der Waals surface area contributed by atoms with Gasteiger partial charge in [0.2, 0.25) is 0 Å². The van der Waals surface area contributed by atoms with Crippen LogP contribution in [0.1, 0.15) is 11.1 Å². The molecule has 0 fully saturated rings. The average Bonchev–Trinajstić information content (AvgIpc) is 2.01. The Morgan fingerprint density at radius 1 is 1.73 bits per heavy atom. The zero-order chi connectivity index (χ0) is 8.43. The van der Waals surface area contributed by atoms with E-state index in [-0.39, 0.29) is 0 Å². The van der Waals surface area contributed by atoms with E-state index in [1.54, 1.807) is 6.92 Å². The molecule has 0 saturated carbocycles. The molecule has 11 heavy (non-hydrogen) atoms. The molecule has 2 N–H and O–H groups in total. The largest absolute Gasteiger partial charge is 0.396 e. The maximum absolute atomic E-state index is 12.2. The molecule has 0 bridgehead atoms. The van der Waals surface area contributed by atoms with Crippen LogP contribution in [0.4, 0.5) is 10.1 Å². The van der Waals surface area contributed by atoms with E-state index in [9.17, 15) is 4.39 Å². The van der Waals surface area contributed by atoms with E-state index < -0.39 is 6.67 Å². The van der Waals surface area contributed by atoms with E-state index in [1.165, 1.54) is 6.20 Å². The lowest BCUT2D eigenvalue weighted by Gasteiger charge is -2.05. The van der Waals surface area contributed by atoms with Crippen molar-refractivity contribution < 1.29 is 4.39 Å². The number of alkyl halides is 1. The summed E-state index contributed by atoms with van der Waals surface area (Å²) in [4.78, 5) is 3.93. The van der Waals surface area contributed by atoms with Crippen molar-refractivity contribution >= 4 is 28.3 Å². The summed E-state index contributed by atoms with van der Waals surface area (Å²) in [5.41, 5.74) is 7.58. The Labute approximate surface area is 78.1 Å². The van der Waals surface area contributed by atoms with Crippen LogP contribution in [0.25, 0.3) is 0 Å². The first-order chi connectivity index (χ1) is 5.16. The monoisotopic (exact) mass is 266 g/mol. The molecule has 0 aliphatic heterocycles. The standard InChI is InChI=1S/C7H8FIN2/c1-4-5(2-8)3-11-7(9)6(4)10/h3H,2,10H2,1H3. The van der Waals surface area contributed by atoms with E-state index in [2.05, 4.69) is 4.98 Å². The summed E-state index contributed by atoms with van der Waals surface area (Å²) in [6.07, 6.45) is 1.52. The highest BCUT2D eigenvalue weighted by atomic mass is 127. The Balaban J connectivity index is 3.25. The predicted octanol–water partition coefficient (Wildman–Crippen LogP) is 2.05. The molecule has 0 spiro atoms. The fourth-order valence-corrected chi connectivity index (χ4v) is 1.31. The van der Waals surface area contributed by atoms with Crippen molar-refractivity contribution in [1.82, 2.24) is 4.98 Å². The minimum Gasteiger partial charge on any atom is -0.396 e. The van der Waals surface area contributed by atoms with Gasteiger partial charge in [-0.3, -0.25) is 0 Å². The molecule has 0 aromatic carbocycles. The van der Waals surface area contributed by atoms with Gasteiger partial charge in [-0.1, -0.05) is 0 Å². The average molecular weight is 266 g/mol. The number of pyridine rings is 1. The van der Waals surface area contributed by atoms with Gasteiger partial charge in [0.05, 0.1) is 5.69 Å². The molecule has 0 radical (unpaired) electrons. The molecular formula is C7H8FIN2. The van der Waals surface area contributed by atoms with Crippen molar-refractivity contribution in [3.63, 3.8) is 0 Å². The van der Waals surface area contributed by atoms with Crippen LogP contribution >= 0.6 is 22.6 Å². The molecule has 0 amide bonds. The van der Waals surface area contributed by atoms with E-state index in [0.717, 1.165) is 9.26 Å². The maximum Gasteiger partial charge on any atom is 0.124 e. The first-order valence-electron chi connectivity index (χ1n) is 3.12. The summed E-state index contributed by atoms with van der Waals surface area (Å²) in [7, 11) is 0. The Hall–Kier alpha value is -0.390. The number of rotatable bonds is 1. The maximum atomic E-state index is 12.2. The van der Waals surface area contributed by atoms with Crippen molar-refractivity contribution in [2.75, 3.05) is 5.73 Å². The van der Waals surface area contributed by atoms with Gasteiger partial charge in [0.1, 0.15) is 10.4 Å². The molecule has 1 aromatic rings. The number of halogens is 2. The van der Waals surface area contributed by atoms with Crippen molar-refractivity contribution in [3.05, 3.63) is 21.0 Å². The third-order valence-corrected chi connectivity index (χ3v) is 2.45. The molecule has 0 aliphatic rings. The summed E-state index contributed by atoms with van der Waals surface area (Å²) in [5, 5.41) is 0. The fraction of sp³-hybridized carbons (Fsp3) is 0.286. The second-order valence-electron chi connectivity index (χ2n) is 2.25. The lowest BCUT2D eigenvalue weighted by atomic mass is 10.1. The molecule has 1 heterocycles. The first-order valence-corrected chi connectivity index (χ1v) is 4.20. The van der Waals surface area contributed by atoms with Crippen LogP contribution < -0.4 is 5.73 Å². The van der Waals surface area contributed by atoms with E-state index in [1.807, 2.05) is 22.6 Å². The lowest BCUT2D eigenvalue weighted by Crippen LogP contribution is -1.99. The quantitative estimate of drug-likeness (QED) is 0.624. The van der Waals surface area contributed by atoms with Gasteiger partial charge in [-0.15, -0.1) is 0 Å². The molecular weight excluding hydrogens is 258 g/mol. The van der Waals surface area contributed by atoms with Gasteiger partial charge < -0.3 is 5.73 Å². The SMILES string of the molecule is Cc1c(CF)cnc(I)c1N. The Bertz CT molecular complexity index is 275. The molecule has 1 rings (SSSR count). The summed E-state index contributed by atoms with van der Waals surface area (Å²) in [6.45, 7) is 1.30. The van der Waals surface area contributed by atoms with Gasteiger partial charge in [0.15, 0.2) is 0 Å². The van der Waals surface area contributed by atoms with Crippen LogP contribution in [-0.2, 0) is 6.67 Å². The minimum atomic E-state index is -0.500. The number of nitrogens with zero attached hydrogens (tertiary/aromatic N) is 1. The molecule has 1 aromatic heterocycles. The second-order valence-corrected chi connectivity index (χ2v) is 3.27. The number of aromatic nitrogens is 1. The smallest absolute Gasteiger partial charge is 0.124 e. The molecule has 0 saturated heterocycles. The van der Waals surface area contributed by atoms with Gasteiger partial charge in [0.25, 0.3) is 0 Å². The topological polar surface area (TPSA) is 38.9 Å². The lowest BCUT2D eigenvalue weighted by molar-refractivity contribution is 0.482. The Morgan fingerprint density at radius 3 is 2.91 bits per heavy atom. The number of hydrogen-bond acceptors (Lipinski definition) is 2. The van der Waals surface area contributed by atoms with E-state index >= 15 is 0 Å². The molecule has 60 valence electrons. The van der Waals surface area contributed by atoms with Gasteiger partial charge in [-0.25, -0.2) is 9.37 Å². The first kappa shape index (κ1) is 8.70. The van der Waals surface area contributed by atoms with E-state index in [4.69, 9.17) is 5.73 Å². The predicted molar refractivity (Wildman–Crippen MR) is 50.9 cm³/mol. The van der Waals surface area contributed by atoms with Crippen LogP contribution in [0.2, 0.25) is 0 Å². The van der Waals surface area contributed by atoms with Crippen LogP contribution in [-0.4, -0.2) is 4.98 Å². The molecule has 0 unspecified atom stereocenters. The van der Waals surface area contributed by atoms with Crippen LogP contribution in [0.3, 0.4) is 0 Å². The molecule has 0 aliphatic carbocycles. The fourth-order valence-electron chi connectivity index (χ4n) is 0.763. The number of nitrogens with two attached hydrogens (primary N) is 1. The Kier molecular flexibility index (Phi) is 2.64. The summed E-state index contributed by atoms with van der Waals surface area (Å²) in [5.74, 6) is 0. The number of anilines is 1. The highest BCUT2D eigenvalue weighted by Gasteiger charge is 2.05. The normalized spacial score (nSPS) is 10.1. The van der Waals surface area contributed by atoms with Crippen molar-refractivity contribution in [3.8, 4) is 0 Å². The highest BCUT2D eigenvalue weighted by molar-refractivity contribution is 14.1. The molecule has 4 heteroatoms. The number of nitrogen functional groups attached to an aromatic ring is 1. The highest BCUT2D eigenvalue weighted by Crippen LogP contribution is 2.20. The summed E-state index contributed by atoms with van der Waals surface area (Å²) < 4.78 is 12.9. The van der Waals surface area contributed by atoms with Gasteiger partial charge in [0, 0.05) is 11.8 Å². The number of hydrogen-bond donors (Lipinski definition) is 1. The van der Waals surface area contributed by atoms with Crippen LogP contribution in [0, 0.1) is 10.6 Å². The van der Waals surface area contributed by atoms with Crippen molar-refractivity contribution in [1.29, 1.82) is 0 Å². The third-order valence-electron chi connectivity index (χ3n) is 1.59. The van der Waals surface area contributed by atoms with Crippen molar-refractivity contribution in [2.24, 2.45) is 0 Å². The van der Waals surface area contributed by atoms with Gasteiger partial charge in [-0.2, -0.15) is 0 Å². The summed E-state index contributed by atoms with van der Waals surface area (Å²) >= 11 is 2.02. The van der Waals surface area contributed by atoms with Crippen LogP contribution in [0.15, 0.2) is 6.20 Å². The van der Waals surface area contributed by atoms with Crippen LogP contribution in [0.5, 0.6) is 0 Å². The van der Waals surface area contributed by atoms with Gasteiger partial charge >= 0.3 is 0 Å². The van der Waals surface area contributed by atoms with Gasteiger partial charge in [-0.05, 0) is 35.1 Å². The van der Waals surface area contributed by atoms with Crippen molar-refractivity contribution in [2.45, 2.75) is 13.6 Å². The molecule has 0 atom stereocenters. The zero-order valence-corrected chi connectivity index (χ0v) is 8.22. The van der Waals surface area contributed by atoms with E-state index in [0.29, 0.717) is 11.3 Å². The second kappa shape index (κ2) is 3.34. The minimum absolute atomic E-state index is 0.500. The third kappa shape index (κ3) is 1.61. The Morgan fingerprint density at radius 2 is 2.36 bits per heavy atom. The molecule has 2 nitrogen and oxygen atoms in total. The zero-order valence-electron chi connectivity index (χ0n) is 6.06. The summed E-state index contributed by atoms with van der Waals surface area (Å²) in [6, 6.07) is 0.